The molecule has 0 aromatic heterocycles. The van der Waals surface area contributed by atoms with E-state index < -0.39 is 0 Å². The smallest absolute Gasteiger partial charge is 0.251 e. The van der Waals surface area contributed by atoms with Crippen LogP contribution in [0.2, 0.25) is 0 Å². The molecule has 0 heterocycles. The van der Waals surface area contributed by atoms with E-state index in [1.807, 2.05) is 49.4 Å². The SMILES string of the molecule is COc1ccc(C(C)NC(=O)c2cccc(CCl)c2)cc1. The third-order valence-electron chi connectivity index (χ3n) is 3.31. The minimum Gasteiger partial charge on any atom is -0.497 e. The lowest BCUT2D eigenvalue weighted by molar-refractivity contribution is 0.0940. The summed E-state index contributed by atoms with van der Waals surface area (Å²) in [6.45, 7) is 1.95. The number of hydrogen-bond donors (Lipinski definition) is 1. The average molecular weight is 304 g/mol. The largest absolute Gasteiger partial charge is 0.497 e. The van der Waals surface area contributed by atoms with Gasteiger partial charge in [0.2, 0.25) is 0 Å². The number of carbonyl (C=O) groups is 1. The normalized spacial score (nSPS) is 11.8. The number of amides is 1. The molecule has 0 fully saturated rings. The van der Waals surface area contributed by atoms with Crippen molar-refractivity contribution in [3.05, 3.63) is 65.2 Å². The van der Waals surface area contributed by atoms with Crippen LogP contribution in [0, 0.1) is 0 Å². The number of nitrogens with one attached hydrogen (secondary N) is 1. The van der Waals surface area contributed by atoms with Gasteiger partial charge in [0.1, 0.15) is 5.75 Å². The van der Waals surface area contributed by atoms with Gasteiger partial charge in [0.25, 0.3) is 5.91 Å². The number of methoxy groups -OCH3 is 1. The first kappa shape index (κ1) is 15.4. The first-order valence-electron chi connectivity index (χ1n) is 6.73. The summed E-state index contributed by atoms with van der Waals surface area (Å²) < 4.78 is 5.13. The van der Waals surface area contributed by atoms with Crippen molar-refractivity contribution in [2.45, 2.75) is 18.8 Å². The molecule has 3 nitrogen and oxygen atoms in total. The van der Waals surface area contributed by atoms with Gasteiger partial charge in [0.05, 0.1) is 13.2 Å². The zero-order chi connectivity index (χ0) is 15.2. The van der Waals surface area contributed by atoms with Gasteiger partial charge >= 0.3 is 0 Å². The van der Waals surface area contributed by atoms with E-state index in [0.29, 0.717) is 11.4 Å². The Morgan fingerprint density at radius 1 is 1.24 bits per heavy atom. The topological polar surface area (TPSA) is 38.3 Å². The molecular formula is C17H18ClNO2. The van der Waals surface area contributed by atoms with Crippen molar-refractivity contribution in [3.8, 4) is 5.75 Å². The van der Waals surface area contributed by atoms with Gasteiger partial charge in [0, 0.05) is 11.4 Å². The second-order valence-electron chi connectivity index (χ2n) is 4.80. The lowest BCUT2D eigenvalue weighted by Gasteiger charge is -2.15. The fourth-order valence-electron chi connectivity index (χ4n) is 2.05. The minimum absolute atomic E-state index is 0.0805. The molecule has 1 N–H and O–H groups in total. The van der Waals surface area contributed by atoms with E-state index in [9.17, 15) is 4.79 Å². The highest BCUT2D eigenvalue weighted by molar-refractivity contribution is 6.17. The summed E-state index contributed by atoms with van der Waals surface area (Å²) in [7, 11) is 1.63. The van der Waals surface area contributed by atoms with Gasteiger partial charge in [-0.15, -0.1) is 11.6 Å². The van der Waals surface area contributed by atoms with Crippen LogP contribution in [0.5, 0.6) is 5.75 Å². The van der Waals surface area contributed by atoms with Gasteiger partial charge in [-0.3, -0.25) is 4.79 Å². The van der Waals surface area contributed by atoms with Crippen LogP contribution in [-0.2, 0) is 5.88 Å². The molecule has 4 heteroatoms. The Morgan fingerprint density at radius 2 is 1.95 bits per heavy atom. The standard InChI is InChI=1S/C17H18ClNO2/c1-12(14-6-8-16(21-2)9-7-14)19-17(20)15-5-3-4-13(10-15)11-18/h3-10,12H,11H2,1-2H3,(H,19,20). The zero-order valence-corrected chi connectivity index (χ0v) is 12.9. The van der Waals surface area contributed by atoms with Crippen molar-refractivity contribution < 1.29 is 9.53 Å². The van der Waals surface area contributed by atoms with E-state index >= 15 is 0 Å². The maximum atomic E-state index is 12.2. The van der Waals surface area contributed by atoms with Crippen molar-refractivity contribution in [2.24, 2.45) is 0 Å². The van der Waals surface area contributed by atoms with Crippen molar-refractivity contribution in [3.63, 3.8) is 0 Å². The molecule has 1 atom stereocenters. The monoisotopic (exact) mass is 303 g/mol. The average Bonchev–Trinajstić information content (AvgIpc) is 2.54. The lowest BCUT2D eigenvalue weighted by Crippen LogP contribution is -2.26. The van der Waals surface area contributed by atoms with Crippen LogP contribution >= 0.6 is 11.6 Å². The Morgan fingerprint density at radius 3 is 2.57 bits per heavy atom. The van der Waals surface area contributed by atoms with Gasteiger partial charge in [-0.1, -0.05) is 24.3 Å². The van der Waals surface area contributed by atoms with Crippen molar-refractivity contribution >= 4 is 17.5 Å². The van der Waals surface area contributed by atoms with E-state index in [1.54, 1.807) is 13.2 Å². The minimum atomic E-state index is -0.106. The highest BCUT2D eigenvalue weighted by Gasteiger charge is 2.11. The lowest BCUT2D eigenvalue weighted by atomic mass is 10.1. The molecule has 0 spiro atoms. The van der Waals surface area contributed by atoms with Crippen molar-refractivity contribution in [1.29, 1.82) is 0 Å². The molecule has 0 aliphatic carbocycles. The highest BCUT2D eigenvalue weighted by Crippen LogP contribution is 2.18. The van der Waals surface area contributed by atoms with Crippen LogP contribution < -0.4 is 10.1 Å². The third kappa shape index (κ3) is 3.99. The molecule has 110 valence electrons. The van der Waals surface area contributed by atoms with Gasteiger partial charge in [0.15, 0.2) is 0 Å². The Bertz CT molecular complexity index is 610. The summed E-state index contributed by atoms with van der Waals surface area (Å²) >= 11 is 5.79. The summed E-state index contributed by atoms with van der Waals surface area (Å²) in [6, 6.07) is 14.9. The first-order valence-corrected chi connectivity index (χ1v) is 7.27. The van der Waals surface area contributed by atoms with Crippen LogP contribution in [0.4, 0.5) is 0 Å². The summed E-state index contributed by atoms with van der Waals surface area (Å²) in [5.74, 6) is 1.09. The van der Waals surface area contributed by atoms with Gasteiger partial charge in [-0.25, -0.2) is 0 Å². The number of alkyl halides is 1. The number of halogens is 1. The Kier molecular flexibility index (Phi) is 5.23. The molecule has 21 heavy (non-hydrogen) atoms. The first-order chi connectivity index (χ1) is 10.1. The van der Waals surface area contributed by atoms with Crippen LogP contribution in [-0.4, -0.2) is 13.0 Å². The molecule has 2 rings (SSSR count). The maximum Gasteiger partial charge on any atom is 0.251 e. The van der Waals surface area contributed by atoms with Crippen LogP contribution in [0.1, 0.15) is 34.5 Å². The summed E-state index contributed by atoms with van der Waals surface area (Å²) in [5, 5.41) is 2.98. The van der Waals surface area contributed by atoms with E-state index in [-0.39, 0.29) is 11.9 Å². The van der Waals surface area contributed by atoms with Crippen molar-refractivity contribution in [1.82, 2.24) is 5.32 Å². The van der Waals surface area contributed by atoms with Crippen LogP contribution in [0.25, 0.3) is 0 Å². The van der Waals surface area contributed by atoms with Gasteiger partial charge < -0.3 is 10.1 Å². The number of rotatable bonds is 5. The predicted octanol–water partition coefficient (Wildman–Crippen LogP) is 3.93. The number of hydrogen-bond acceptors (Lipinski definition) is 2. The summed E-state index contributed by atoms with van der Waals surface area (Å²) in [4.78, 5) is 12.2. The van der Waals surface area contributed by atoms with Gasteiger partial charge in [-0.05, 0) is 42.3 Å². The second-order valence-corrected chi connectivity index (χ2v) is 5.07. The molecule has 0 bridgehead atoms. The number of carbonyl (C=O) groups excluding carboxylic acids is 1. The molecule has 1 amide bonds. The molecular weight excluding hydrogens is 286 g/mol. The van der Waals surface area contributed by atoms with Crippen molar-refractivity contribution in [2.75, 3.05) is 7.11 Å². The van der Waals surface area contributed by atoms with E-state index in [1.165, 1.54) is 0 Å². The molecule has 0 saturated heterocycles. The van der Waals surface area contributed by atoms with E-state index in [4.69, 9.17) is 16.3 Å². The van der Waals surface area contributed by atoms with Crippen LogP contribution in [0.15, 0.2) is 48.5 Å². The molecule has 0 aliphatic rings. The van der Waals surface area contributed by atoms with Gasteiger partial charge in [-0.2, -0.15) is 0 Å². The van der Waals surface area contributed by atoms with E-state index in [2.05, 4.69) is 5.32 Å². The fourth-order valence-corrected chi connectivity index (χ4v) is 2.22. The zero-order valence-electron chi connectivity index (χ0n) is 12.1. The molecule has 1 unspecified atom stereocenters. The Balaban J connectivity index is 2.06. The molecule has 0 aliphatic heterocycles. The summed E-state index contributed by atoms with van der Waals surface area (Å²) in [6.07, 6.45) is 0. The summed E-state index contributed by atoms with van der Waals surface area (Å²) in [5.41, 5.74) is 2.58. The molecule has 0 saturated carbocycles. The van der Waals surface area contributed by atoms with Crippen LogP contribution in [0.3, 0.4) is 0 Å². The number of benzene rings is 2. The number of ether oxygens (including phenoxy) is 1. The highest BCUT2D eigenvalue weighted by atomic mass is 35.5. The Labute approximate surface area is 129 Å². The molecule has 0 radical (unpaired) electrons. The maximum absolute atomic E-state index is 12.2. The third-order valence-corrected chi connectivity index (χ3v) is 3.62. The molecule has 2 aromatic carbocycles. The fraction of sp³-hybridized carbons (Fsp3) is 0.235. The Hall–Kier alpha value is -2.00. The quantitative estimate of drug-likeness (QED) is 0.850. The van der Waals surface area contributed by atoms with E-state index in [0.717, 1.165) is 16.9 Å². The molecule has 2 aromatic rings. The predicted molar refractivity (Wildman–Crippen MR) is 84.9 cm³/mol. The second kappa shape index (κ2) is 7.14.